The van der Waals surface area contributed by atoms with E-state index in [2.05, 4.69) is 15.0 Å². The lowest BCUT2D eigenvalue weighted by molar-refractivity contribution is -0.119. The Morgan fingerprint density at radius 3 is 2.68 bits per heavy atom. The number of hydrogen-bond donors (Lipinski definition) is 5. The maximum atomic E-state index is 12.5. The average molecular weight is 577 g/mol. The number of methoxy groups -OCH3 is 1. The van der Waals surface area contributed by atoms with E-state index in [1.807, 2.05) is 0 Å². The summed E-state index contributed by atoms with van der Waals surface area (Å²) in [6.45, 7) is 4.14. The maximum absolute atomic E-state index is 12.5. The van der Waals surface area contributed by atoms with Gasteiger partial charge in [-0.2, -0.15) is 9.97 Å². The Labute approximate surface area is 222 Å². The molecule has 3 heterocycles. The molecule has 2 aliphatic rings. The number of aliphatic hydroxyl groups excluding tert-OH is 2. The number of nitrogens with zero attached hydrogens (tertiary/aromatic N) is 4. The van der Waals surface area contributed by atoms with Gasteiger partial charge >= 0.3 is 7.75 Å². The van der Waals surface area contributed by atoms with Crippen molar-refractivity contribution in [2.45, 2.75) is 56.6 Å². The number of rotatable bonds is 12. The van der Waals surface area contributed by atoms with E-state index in [0.717, 1.165) is 11.8 Å². The summed E-state index contributed by atoms with van der Waals surface area (Å²) in [4.78, 5) is 24.5. The number of ether oxygens (including phenoxy) is 2. The van der Waals surface area contributed by atoms with Crippen LogP contribution in [-0.4, -0.2) is 96.0 Å². The van der Waals surface area contributed by atoms with Crippen LogP contribution in [0.1, 0.15) is 33.2 Å². The average Bonchev–Trinajstić information content (AvgIpc) is 3.09. The lowest BCUT2D eigenvalue weighted by Crippen LogP contribution is -2.40. The van der Waals surface area contributed by atoms with Crippen molar-refractivity contribution in [3.63, 3.8) is 0 Å². The lowest BCUT2D eigenvalue weighted by atomic mass is 9.97. The summed E-state index contributed by atoms with van der Waals surface area (Å²) >= 11 is 0.917. The van der Waals surface area contributed by atoms with E-state index in [4.69, 9.17) is 29.8 Å². The number of fused-ring (bicyclic) bond motifs is 2. The molecule has 17 heteroatoms. The Hall–Kier alpha value is -1.88. The number of aliphatic hydroxyl groups is 3. The van der Waals surface area contributed by atoms with E-state index in [9.17, 15) is 24.7 Å². The normalized spacial score (nSPS) is 30.3. The molecule has 1 saturated carbocycles. The zero-order chi connectivity index (χ0) is 28.1. The van der Waals surface area contributed by atoms with E-state index in [0.29, 0.717) is 17.6 Å². The number of imidazole rings is 1. The van der Waals surface area contributed by atoms with Crippen molar-refractivity contribution in [2.75, 3.05) is 38.4 Å². The van der Waals surface area contributed by atoms with Gasteiger partial charge in [-0.25, -0.2) is 15.1 Å². The topological polar surface area (TPSA) is 227 Å². The molecule has 212 valence electrons. The molecule has 6 unspecified atom stereocenters. The number of carbonyl (C=O) groups is 1. The summed E-state index contributed by atoms with van der Waals surface area (Å²) in [5.74, 6) is 0.264. The SMILES string of the molecule is CCC12OC(COP(N)(=O)OCCSC(=O)C(C)(C)CO)C(O)C1(O)C2n1cnc2c(OC)nc(N)nc21. The fourth-order valence-corrected chi connectivity index (χ4v) is 6.52. The Kier molecular flexibility index (Phi) is 7.86. The number of anilines is 1. The Balaban J connectivity index is 1.39. The van der Waals surface area contributed by atoms with Gasteiger partial charge in [-0.15, -0.1) is 0 Å². The van der Waals surface area contributed by atoms with Gasteiger partial charge in [0.2, 0.25) is 11.8 Å². The molecule has 15 nitrogen and oxygen atoms in total. The molecule has 2 aromatic heterocycles. The number of hydrogen-bond acceptors (Lipinski definition) is 14. The second kappa shape index (κ2) is 10.3. The van der Waals surface area contributed by atoms with Crippen LogP contribution in [0, 0.1) is 5.41 Å². The summed E-state index contributed by atoms with van der Waals surface area (Å²) in [6.07, 6.45) is -0.735. The number of aromatic nitrogens is 4. The number of nitrogens with two attached hydrogens (primary N) is 2. The van der Waals surface area contributed by atoms with Gasteiger partial charge in [0.15, 0.2) is 16.3 Å². The lowest BCUT2D eigenvalue weighted by Gasteiger charge is -2.25. The number of carbonyl (C=O) groups excluding carboxylic acids is 1. The van der Waals surface area contributed by atoms with Crippen molar-refractivity contribution < 1.29 is 43.2 Å². The van der Waals surface area contributed by atoms with Crippen LogP contribution in [0.4, 0.5) is 5.95 Å². The van der Waals surface area contributed by atoms with Crippen LogP contribution in [0.2, 0.25) is 0 Å². The first-order chi connectivity index (χ1) is 17.8. The first-order valence-corrected chi connectivity index (χ1v) is 14.5. The van der Waals surface area contributed by atoms with Crippen molar-refractivity contribution in [3.8, 4) is 5.88 Å². The highest BCUT2D eigenvalue weighted by molar-refractivity contribution is 8.13. The molecule has 0 aromatic carbocycles. The highest BCUT2D eigenvalue weighted by Crippen LogP contribution is 2.69. The standard InChI is InChI=1S/C21H33N6O9PS/c1-5-20-16(27-10-24-12-14(27)25-18(22)26-15(12)33-4)21(20,31)13(29)11(36-20)8-35-37(23,32)34-6-7-38-17(30)19(2,3)9-28/h10-11,13,16,28-29,31H,5-9H2,1-4H3,(H2,23,32)(H2,22,25,26). The van der Waals surface area contributed by atoms with Crippen molar-refractivity contribution >= 4 is 41.7 Å². The third-order valence-electron chi connectivity index (χ3n) is 6.98. The Bertz CT molecular complexity index is 1260. The predicted molar refractivity (Wildman–Crippen MR) is 136 cm³/mol. The smallest absolute Gasteiger partial charge is 0.402 e. The number of nitrogen functional groups attached to an aromatic ring is 1. The molecule has 38 heavy (non-hydrogen) atoms. The minimum atomic E-state index is -4.05. The zero-order valence-electron chi connectivity index (χ0n) is 21.4. The van der Waals surface area contributed by atoms with Crippen molar-refractivity contribution in [1.82, 2.24) is 19.5 Å². The Morgan fingerprint density at radius 1 is 1.37 bits per heavy atom. The molecule has 4 rings (SSSR count). The minimum absolute atomic E-state index is 0.0502. The highest BCUT2D eigenvalue weighted by atomic mass is 32.2. The molecule has 2 fully saturated rings. The summed E-state index contributed by atoms with van der Waals surface area (Å²) in [7, 11) is -2.64. The van der Waals surface area contributed by atoms with E-state index >= 15 is 0 Å². The summed E-state index contributed by atoms with van der Waals surface area (Å²) in [5, 5.41) is 31.5. The minimum Gasteiger partial charge on any atom is -0.479 e. The third-order valence-corrected chi connectivity index (χ3v) is 9.21. The fraction of sp³-hybridized carbons (Fsp3) is 0.714. The first kappa shape index (κ1) is 29.1. The van der Waals surface area contributed by atoms with E-state index in [1.165, 1.54) is 13.4 Å². The number of thioether (sulfide) groups is 1. The molecule has 0 spiro atoms. The second-order valence-corrected chi connectivity index (χ2v) is 12.5. The van der Waals surface area contributed by atoms with Gasteiger partial charge < -0.3 is 35.1 Å². The summed E-state index contributed by atoms with van der Waals surface area (Å²) in [6, 6.07) is -0.756. The molecule has 2 aromatic rings. The van der Waals surface area contributed by atoms with Crippen molar-refractivity contribution in [2.24, 2.45) is 10.9 Å². The van der Waals surface area contributed by atoms with Crippen LogP contribution in [-0.2, 0) is 23.1 Å². The molecule has 1 aliphatic carbocycles. The Morgan fingerprint density at radius 2 is 2.08 bits per heavy atom. The molecule has 0 amide bonds. The van der Waals surface area contributed by atoms with E-state index < -0.39 is 49.2 Å². The van der Waals surface area contributed by atoms with Crippen LogP contribution in [0.3, 0.4) is 0 Å². The van der Waals surface area contributed by atoms with Gasteiger partial charge in [0, 0.05) is 5.75 Å². The van der Waals surface area contributed by atoms with Gasteiger partial charge in [0.1, 0.15) is 29.5 Å². The highest BCUT2D eigenvalue weighted by Gasteiger charge is 2.86. The second-order valence-electron chi connectivity index (χ2n) is 9.83. The van der Waals surface area contributed by atoms with Crippen LogP contribution in [0.5, 0.6) is 5.88 Å². The maximum Gasteiger partial charge on any atom is 0.402 e. The molecule has 1 aliphatic heterocycles. The van der Waals surface area contributed by atoms with Gasteiger partial charge in [0.05, 0.1) is 38.7 Å². The molecular formula is C21H33N6O9PS. The first-order valence-electron chi connectivity index (χ1n) is 11.9. The fourth-order valence-electron chi connectivity index (χ4n) is 4.82. The molecule has 6 atom stereocenters. The molecular weight excluding hydrogens is 543 g/mol. The van der Waals surface area contributed by atoms with Gasteiger partial charge in [-0.3, -0.25) is 13.8 Å². The molecule has 0 radical (unpaired) electrons. The van der Waals surface area contributed by atoms with Gasteiger partial charge in [0.25, 0.3) is 0 Å². The van der Waals surface area contributed by atoms with Crippen molar-refractivity contribution in [1.29, 1.82) is 0 Å². The third kappa shape index (κ3) is 4.71. The van der Waals surface area contributed by atoms with Crippen LogP contribution < -0.4 is 16.0 Å². The quantitative estimate of drug-likeness (QED) is 0.165. The van der Waals surface area contributed by atoms with Crippen molar-refractivity contribution in [3.05, 3.63) is 6.33 Å². The summed E-state index contributed by atoms with van der Waals surface area (Å²) < 4.78 is 35.7. The molecule has 0 bridgehead atoms. The van der Waals surface area contributed by atoms with Gasteiger partial charge in [-0.1, -0.05) is 18.7 Å². The van der Waals surface area contributed by atoms with Crippen LogP contribution in [0.15, 0.2) is 6.33 Å². The largest absolute Gasteiger partial charge is 0.479 e. The van der Waals surface area contributed by atoms with Crippen LogP contribution >= 0.6 is 19.5 Å². The zero-order valence-corrected chi connectivity index (χ0v) is 23.1. The summed E-state index contributed by atoms with van der Waals surface area (Å²) in [5.41, 5.74) is 8.23. The van der Waals surface area contributed by atoms with E-state index in [-0.39, 0.29) is 35.9 Å². The predicted octanol–water partition coefficient (Wildman–Crippen LogP) is -0.0103. The van der Waals surface area contributed by atoms with Gasteiger partial charge in [-0.05, 0) is 20.3 Å². The molecule has 7 N–H and O–H groups in total. The van der Waals surface area contributed by atoms with Crippen LogP contribution in [0.25, 0.3) is 11.2 Å². The molecule has 1 saturated heterocycles. The monoisotopic (exact) mass is 576 g/mol. The van der Waals surface area contributed by atoms with E-state index in [1.54, 1.807) is 25.3 Å².